The Kier molecular flexibility index (Phi) is 5.86. The molecule has 1 amide bonds. The molecule has 3 heterocycles. The van der Waals surface area contributed by atoms with Crippen LogP contribution < -0.4 is 10.2 Å². The number of nitrogens with one attached hydrogen (secondary N) is 1. The van der Waals surface area contributed by atoms with Crippen LogP contribution in [0.5, 0.6) is 0 Å². The van der Waals surface area contributed by atoms with E-state index in [0.717, 1.165) is 48.8 Å². The zero-order valence-electron chi connectivity index (χ0n) is 16.7. The highest BCUT2D eigenvalue weighted by Gasteiger charge is 2.18. The molecule has 7 heteroatoms. The molecule has 3 aromatic rings. The smallest absolute Gasteiger partial charge is 0.224 e. The average molecular weight is 390 g/mol. The van der Waals surface area contributed by atoms with Crippen molar-refractivity contribution in [3.05, 3.63) is 72.2 Å². The number of benzene rings is 1. The fraction of sp³-hybridized carbons (Fsp3) is 0.318. The van der Waals surface area contributed by atoms with Gasteiger partial charge in [-0.05, 0) is 30.8 Å². The van der Waals surface area contributed by atoms with E-state index in [1.165, 1.54) is 0 Å². The van der Waals surface area contributed by atoms with Gasteiger partial charge in [0.1, 0.15) is 5.82 Å². The highest BCUT2D eigenvalue weighted by molar-refractivity contribution is 5.78. The molecule has 29 heavy (non-hydrogen) atoms. The van der Waals surface area contributed by atoms with Crippen molar-refractivity contribution in [2.45, 2.75) is 13.0 Å². The molecule has 1 aliphatic heterocycles. The van der Waals surface area contributed by atoms with Gasteiger partial charge < -0.3 is 15.1 Å². The Morgan fingerprint density at radius 1 is 1.07 bits per heavy atom. The molecule has 0 aliphatic carbocycles. The number of likely N-dealkylation sites (N-methyl/N-ethyl adjacent to an activating group) is 1. The topological polar surface area (TPSA) is 66.3 Å². The van der Waals surface area contributed by atoms with E-state index in [0.29, 0.717) is 13.0 Å². The van der Waals surface area contributed by atoms with E-state index < -0.39 is 0 Å². The van der Waals surface area contributed by atoms with Crippen molar-refractivity contribution in [2.75, 3.05) is 38.1 Å². The Balaban J connectivity index is 1.35. The largest absolute Gasteiger partial charge is 0.354 e. The molecule has 1 saturated heterocycles. The summed E-state index contributed by atoms with van der Waals surface area (Å²) >= 11 is 0. The summed E-state index contributed by atoms with van der Waals surface area (Å²) < 4.78 is 1.79. The number of carbonyl (C=O) groups is 1. The van der Waals surface area contributed by atoms with Gasteiger partial charge in [-0.3, -0.25) is 4.79 Å². The first kappa shape index (κ1) is 19.1. The van der Waals surface area contributed by atoms with Gasteiger partial charge in [0, 0.05) is 50.7 Å². The maximum atomic E-state index is 12.5. The van der Waals surface area contributed by atoms with Crippen LogP contribution in [0, 0.1) is 0 Å². The van der Waals surface area contributed by atoms with E-state index in [1.807, 2.05) is 54.9 Å². The van der Waals surface area contributed by atoms with E-state index in [-0.39, 0.29) is 5.91 Å². The van der Waals surface area contributed by atoms with Gasteiger partial charge in [-0.25, -0.2) is 9.67 Å². The number of hydrogen-bond donors (Lipinski definition) is 1. The van der Waals surface area contributed by atoms with Gasteiger partial charge in [-0.15, -0.1) is 0 Å². The molecule has 0 saturated carbocycles. The third-order valence-corrected chi connectivity index (χ3v) is 5.17. The van der Waals surface area contributed by atoms with Crippen LogP contribution in [0.2, 0.25) is 0 Å². The van der Waals surface area contributed by atoms with Crippen LogP contribution in [-0.4, -0.2) is 58.8 Å². The first-order valence-electron chi connectivity index (χ1n) is 9.92. The summed E-state index contributed by atoms with van der Waals surface area (Å²) in [6, 6.07) is 13.8. The third-order valence-electron chi connectivity index (χ3n) is 5.17. The summed E-state index contributed by atoms with van der Waals surface area (Å²) in [5, 5.41) is 7.39. The lowest BCUT2D eigenvalue weighted by atomic mass is 10.2. The van der Waals surface area contributed by atoms with Gasteiger partial charge in [0.15, 0.2) is 0 Å². The molecule has 0 radical (unpaired) electrons. The lowest BCUT2D eigenvalue weighted by Crippen LogP contribution is -2.45. The summed E-state index contributed by atoms with van der Waals surface area (Å²) in [4.78, 5) is 21.7. The van der Waals surface area contributed by atoms with Crippen LogP contribution in [0.4, 0.5) is 5.82 Å². The zero-order valence-corrected chi connectivity index (χ0v) is 16.7. The van der Waals surface area contributed by atoms with E-state index in [1.54, 1.807) is 10.9 Å². The Labute approximate surface area is 171 Å². The number of anilines is 1. The molecule has 0 bridgehead atoms. The third kappa shape index (κ3) is 4.81. The van der Waals surface area contributed by atoms with E-state index in [4.69, 9.17) is 0 Å². The van der Waals surface area contributed by atoms with Crippen LogP contribution in [0.25, 0.3) is 5.69 Å². The predicted molar refractivity (Wildman–Crippen MR) is 113 cm³/mol. The fourth-order valence-corrected chi connectivity index (χ4v) is 3.49. The van der Waals surface area contributed by atoms with Gasteiger partial charge in [0.2, 0.25) is 5.91 Å². The second-order valence-corrected chi connectivity index (χ2v) is 7.36. The maximum Gasteiger partial charge on any atom is 0.224 e. The number of para-hydroxylation sites is 1. The van der Waals surface area contributed by atoms with Crippen molar-refractivity contribution < 1.29 is 4.79 Å². The van der Waals surface area contributed by atoms with Crippen molar-refractivity contribution in [2.24, 2.45) is 0 Å². The molecule has 1 fully saturated rings. The first-order valence-corrected chi connectivity index (χ1v) is 9.92. The van der Waals surface area contributed by atoms with Crippen molar-refractivity contribution in [3.8, 4) is 5.69 Å². The van der Waals surface area contributed by atoms with Gasteiger partial charge >= 0.3 is 0 Å². The Morgan fingerprint density at radius 2 is 1.86 bits per heavy atom. The second kappa shape index (κ2) is 8.87. The summed E-state index contributed by atoms with van der Waals surface area (Å²) in [5.74, 6) is 0.948. The van der Waals surface area contributed by atoms with Crippen molar-refractivity contribution in [3.63, 3.8) is 0 Å². The van der Waals surface area contributed by atoms with E-state index >= 15 is 0 Å². The highest BCUT2D eigenvalue weighted by Crippen LogP contribution is 2.18. The Hall–Kier alpha value is -3.19. The number of hydrogen-bond acceptors (Lipinski definition) is 5. The zero-order chi connectivity index (χ0) is 20.1. The monoisotopic (exact) mass is 390 g/mol. The van der Waals surface area contributed by atoms with Gasteiger partial charge in [0.25, 0.3) is 0 Å². The Bertz CT molecular complexity index is 947. The maximum absolute atomic E-state index is 12.5. The van der Waals surface area contributed by atoms with E-state index in [2.05, 4.69) is 32.2 Å². The number of pyridine rings is 1. The number of nitrogens with zero attached hydrogens (tertiary/aromatic N) is 5. The predicted octanol–water partition coefficient (Wildman–Crippen LogP) is 1.88. The molecule has 1 aromatic carbocycles. The second-order valence-electron chi connectivity index (χ2n) is 7.36. The minimum atomic E-state index is -0.0224. The molecule has 0 atom stereocenters. The standard InChI is InChI=1S/C22H26N6O/c1-26-10-12-27(13-11-26)22-19(6-5-9-23-22)16-24-21(29)14-18-15-25-28(17-18)20-7-3-2-4-8-20/h2-9,15,17H,10-14,16H2,1H3,(H,24,29). The molecule has 0 spiro atoms. The quantitative estimate of drug-likeness (QED) is 0.696. The average Bonchev–Trinajstić information content (AvgIpc) is 3.22. The minimum absolute atomic E-state index is 0.0224. The van der Waals surface area contributed by atoms with E-state index in [9.17, 15) is 4.79 Å². The van der Waals surface area contributed by atoms with Crippen LogP contribution in [0.3, 0.4) is 0 Å². The lowest BCUT2D eigenvalue weighted by Gasteiger charge is -2.34. The molecule has 2 aromatic heterocycles. The molecule has 4 rings (SSSR count). The van der Waals surface area contributed by atoms with Gasteiger partial charge in [0.05, 0.1) is 18.3 Å². The van der Waals surface area contributed by atoms with Crippen molar-refractivity contribution >= 4 is 11.7 Å². The summed E-state index contributed by atoms with van der Waals surface area (Å²) in [6.45, 7) is 4.42. The van der Waals surface area contributed by atoms with Gasteiger partial charge in [-0.2, -0.15) is 5.10 Å². The normalized spacial score (nSPS) is 14.7. The SMILES string of the molecule is CN1CCN(c2ncccc2CNC(=O)Cc2cnn(-c3ccccc3)c2)CC1. The molecule has 7 nitrogen and oxygen atoms in total. The molecule has 1 aliphatic rings. The summed E-state index contributed by atoms with van der Waals surface area (Å²) in [7, 11) is 2.14. The lowest BCUT2D eigenvalue weighted by molar-refractivity contribution is -0.120. The number of aromatic nitrogens is 3. The molecular formula is C22H26N6O. The fourth-order valence-electron chi connectivity index (χ4n) is 3.49. The molecular weight excluding hydrogens is 364 g/mol. The summed E-state index contributed by atoms with van der Waals surface area (Å²) in [5.41, 5.74) is 2.91. The highest BCUT2D eigenvalue weighted by atomic mass is 16.1. The molecule has 0 unspecified atom stereocenters. The van der Waals surface area contributed by atoms with Crippen LogP contribution in [-0.2, 0) is 17.8 Å². The molecule has 1 N–H and O–H groups in total. The van der Waals surface area contributed by atoms with Crippen molar-refractivity contribution in [1.29, 1.82) is 0 Å². The number of rotatable bonds is 6. The minimum Gasteiger partial charge on any atom is -0.354 e. The van der Waals surface area contributed by atoms with Crippen LogP contribution in [0.1, 0.15) is 11.1 Å². The number of carbonyl (C=O) groups excluding carboxylic acids is 1. The van der Waals surface area contributed by atoms with Gasteiger partial charge in [-0.1, -0.05) is 24.3 Å². The van der Waals surface area contributed by atoms with Crippen LogP contribution in [0.15, 0.2) is 61.1 Å². The molecule has 150 valence electrons. The summed E-state index contributed by atoms with van der Waals surface area (Å²) in [6.07, 6.45) is 5.76. The number of piperazine rings is 1. The van der Waals surface area contributed by atoms with Crippen LogP contribution >= 0.6 is 0 Å². The first-order chi connectivity index (χ1) is 14.2. The van der Waals surface area contributed by atoms with Crippen molar-refractivity contribution in [1.82, 2.24) is 25.0 Å². The Morgan fingerprint density at radius 3 is 2.66 bits per heavy atom. The number of amides is 1.